The number of ether oxygens (including phenoxy) is 2. The normalized spacial score (nSPS) is 16.7. The molecule has 2 aliphatic rings. The van der Waals surface area contributed by atoms with Gasteiger partial charge in [0.25, 0.3) is 5.91 Å². The molecule has 1 amide bonds. The summed E-state index contributed by atoms with van der Waals surface area (Å²) in [5.74, 6) is 1.68. The minimum atomic E-state index is -0.456. The molecule has 2 aliphatic heterocycles. The van der Waals surface area contributed by atoms with E-state index in [0.29, 0.717) is 18.7 Å². The highest BCUT2D eigenvalue weighted by atomic mass is 16.5. The van der Waals surface area contributed by atoms with Crippen molar-refractivity contribution in [2.24, 2.45) is 7.05 Å². The first kappa shape index (κ1) is 21.6. The second-order valence-corrected chi connectivity index (χ2v) is 10.1. The van der Waals surface area contributed by atoms with Gasteiger partial charge in [0.2, 0.25) is 0 Å². The van der Waals surface area contributed by atoms with E-state index in [1.807, 2.05) is 59.2 Å². The number of carbonyl (C=O) groups excluding carboxylic acids is 1. The Bertz CT molecular complexity index is 1210. The van der Waals surface area contributed by atoms with Crippen LogP contribution in [0.1, 0.15) is 55.1 Å². The van der Waals surface area contributed by atoms with E-state index in [4.69, 9.17) is 9.47 Å². The van der Waals surface area contributed by atoms with Crippen LogP contribution in [0.25, 0.3) is 11.3 Å². The number of piperidine rings is 1. The molecule has 3 aromatic rings. The average molecular weight is 446 g/mol. The number of benzene rings is 2. The van der Waals surface area contributed by atoms with Crippen LogP contribution >= 0.6 is 0 Å². The van der Waals surface area contributed by atoms with Crippen LogP contribution in [-0.4, -0.2) is 40.8 Å². The molecule has 0 N–H and O–H groups in total. The average Bonchev–Trinajstić information content (AvgIpc) is 3.21. The van der Waals surface area contributed by atoms with Crippen molar-refractivity contribution in [1.82, 2.24) is 14.7 Å². The Balaban J connectivity index is 1.39. The summed E-state index contributed by atoms with van der Waals surface area (Å²) in [6.45, 7) is 7.68. The molecule has 1 spiro atoms. The number of amides is 1. The van der Waals surface area contributed by atoms with Crippen LogP contribution in [0.3, 0.4) is 0 Å². The third-order valence-electron chi connectivity index (χ3n) is 6.99. The number of fused-ring (bicyclic) bond motifs is 4. The van der Waals surface area contributed by atoms with Crippen molar-refractivity contribution in [3.8, 4) is 22.8 Å². The molecule has 33 heavy (non-hydrogen) atoms. The third-order valence-corrected chi connectivity index (χ3v) is 6.99. The van der Waals surface area contributed by atoms with E-state index in [-0.39, 0.29) is 11.3 Å². The molecule has 0 aliphatic carbocycles. The van der Waals surface area contributed by atoms with Crippen LogP contribution in [0.15, 0.2) is 48.7 Å². The van der Waals surface area contributed by atoms with Crippen LogP contribution in [0.2, 0.25) is 0 Å². The molecule has 1 saturated heterocycles. The van der Waals surface area contributed by atoms with Gasteiger partial charge in [-0.2, -0.15) is 5.10 Å². The number of nitrogens with zero attached hydrogens (tertiary/aromatic N) is 3. The lowest BCUT2D eigenvalue weighted by atomic mass is 9.81. The third kappa shape index (κ3) is 3.48. The van der Waals surface area contributed by atoms with Crippen LogP contribution in [-0.2, 0) is 18.1 Å². The molecule has 0 atom stereocenters. The Hall–Kier alpha value is -3.28. The van der Waals surface area contributed by atoms with Crippen molar-refractivity contribution in [3.63, 3.8) is 0 Å². The van der Waals surface area contributed by atoms with E-state index in [1.54, 1.807) is 7.11 Å². The van der Waals surface area contributed by atoms with Gasteiger partial charge in [0.1, 0.15) is 17.1 Å². The van der Waals surface area contributed by atoms with Gasteiger partial charge in [-0.25, -0.2) is 0 Å². The van der Waals surface area contributed by atoms with Crippen LogP contribution in [0, 0.1) is 0 Å². The van der Waals surface area contributed by atoms with E-state index in [2.05, 4.69) is 31.9 Å². The summed E-state index contributed by atoms with van der Waals surface area (Å²) in [5, 5.41) is 4.54. The minimum absolute atomic E-state index is 0.0335. The maximum Gasteiger partial charge on any atom is 0.253 e. The number of aryl methyl sites for hydroxylation is 1. The van der Waals surface area contributed by atoms with Gasteiger partial charge in [-0.1, -0.05) is 39.0 Å². The highest BCUT2D eigenvalue weighted by Crippen LogP contribution is 2.49. The van der Waals surface area contributed by atoms with Crippen LogP contribution in [0.4, 0.5) is 0 Å². The van der Waals surface area contributed by atoms with Gasteiger partial charge in [-0.3, -0.25) is 9.48 Å². The van der Waals surface area contributed by atoms with Gasteiger partial charge in [0.05, 0.1) is 19.0 Å². The summed E-state index contributed by atoms with van der Waals surface area (Å²) >= 11 is 0. The van der Waals surface area contributed by atoms with Gasteiger partial charge >= 0.3 is 0 Å². The summed E-state index contributed by atoms with van der Waals surface area (Å²) in [6.07, 6.45) is 3.38. The lowest BCUT2D eigenvalue weighted by molar-refractivity contribution is -0.00173. The molecular weight excluding hydrogens is 414 g/mol. The second-order valence-electron chi connectivity index (χ2n) is 10.1. The standard InChI is InChI=1S/C27H31N3O3/c1-26(2,3)20-11-10-18(16-23(20)32-5)25(31)30-14-12-27(13-15-30)21-17-28-29(4)24(21)19-8-6-7-9-22(19)33-27/h6-11,16-17H,12-15H2,1-5H3. The van der Waals surface area contributed by atoms with Crippen LogP contribution in [0.5, 0.6) is 11.5 Å². The maximum atomic E-state index is 13.4. The number of aromatic nitrogens is 2. The molecule has 2 aromatic carbocycles. The van der Waals surface area contributed by atoms with Gasteiger partial charge in [-0.05, 0) is 35.2 Å². The van der Waals surface area contributed by atoms with Gasteiger partial charge in [-0.15, -0.1) is 0 Å². The summed E-state index contributed by atoms with van der Waals surface area (Å²) in [6, 6.07) is 13.9. The highest BCUT2D eigenvalue weighted by Gasteiger charge is 2.45. The van der Waals surface area contributed by atoms with Gasteiger partial charge in [0.15, 0.2) is 0 Å². The predicted molar refractivity (Wildman–Crippen MR) is 128 cm³/mol. The Kier molecular flexibility index (Phi) is 5.00. The molecule has 1 aromatic heterocycles. The number of rotatable bonds is 2. The first-order chi connectivity index (χ1) is 15.7. The van der Waals surface area contributed by atoms with Gasteiger partial charge < -0.3 is 14.4 Å². The topological polar surface area (TPSA) is 56.6 Å². The van der Waals surface area contributed by atoms with Crippen molar-refractivity contribution in [2.45, 2.75) is 44.6 Å². The van der Waals surface area contributed by atoms with E-state index in [1.165, 1.54) is 0 Å². The van der Waals surface area contributed by atoms with Crippen molar-refractivity contribution in [1.29, 1.82) is 0 Å². The molecule has 0 radical (unpaired) electrons. The summed E-state index contributed by atoms with van der Waals surface area (Å²) < 4.78 is 14.2. The molecule has 6 heteroatoms. The second kappa shape index (κ2) is 7.65. The summed E-state index contributed by atoms with van der Waals surface area (Å²) in [7, 11) is 3.63. The molecule has 1 fully saturated rings. The van der Waals surface area contributed by atoms with Crippen LogP contribution < -0.4 is 9.47 Å². The molecule has 0 bridgehead atoms. The number of likely N-dealkylation sites (tertiary alicyclic amines) is 1. The highest BCUT2D eigenvalue weighted by molar-refractivity contribution is 5.95. The first-order valence-corrected chi connectivity index (χ1v) is 11.5. The predicted octanol–water partition coefficient (Wildman–Crippen LogP) is 4.92. The molecular formula is C27H31N3O3. The van der Waals surface area contributed by atoms with Crippen molar-refractivity contribution >= 4 is 5.91 Å². The minimum Gasteiger partial charge on any atom is -0.496 e. The van der Waals surface area contributed by atoms with E-state index in [0.717, 1.165) is 46.7 Å². The quantitative estimate of drug-likeness (QED) is 0.562. The van der Waals surface area contributed by atoms with Gasteiger partial charge in [0, 0.05) is 49.7 Å². The first-order valence-electron chi connectivity index (χ1n) is 11.5. The summed E-state index contributed by atoms with van der Waals surface area (Å²) in [5.41, 5.74) is 4.54. The fourth-order valence-corrected chi connectivity index (χ4v) is 5.18. The lowest BCUT2D eigenvalue weighted by Crippen LogP contribution is -2.49. The van der Waals surface area contributed by atoms with Crippen molar-refractivity contribution in [2.75, 3.05) is 20.2 Å². The van der Waals surface area contributed by atoms with E-state index in [9.17, 15) is 4.79 Å². The molecule has 5 rings (SSSR count). The van der Waals surface area contributed by atoms with Crippen molar-refractivity contribution < 1.29 is 14.3 Å². The number of para-hydroxylation sites is 1. The fraction of sp³-hybridized carbons (Fsp3) is 0.407. The smallest absolute Gasteiger partial charge is 0.253 e. The fourth-order valence-electron chi connectivity index (χ4n) is 5.18. The number of hydrogen-bond acceptors (Lipinski definition) is 4. The SMILES string of the molecule is COc1cc(C(=O)N2CCC3(CC2)Oc2ccccc2-c2c3cnn2C)ccc1C(C)(C)C. The number of carbonyl (C=O) groups is 1. The monoisotopic (exact) mass is 445 g/mol. The lowest BCUT2D eigenvalue weighted by Gasteiger charge is -2.44. The number of hydrogen-bond donors (Lipinski definition) is 0. The zero-order chi connectivity index (χ0) is 23.4. The molecule has 0 unspecified atom stereocenters. The maximum absolute atomic E-state index is 13.4. The zero-order valence-electron chi connectivity index (χ0n) is 20.0. The molecule has 6 nitrogen and oxygen atoms in total. The van der Waals surface area contributed by atoms with Crippen molar-refractivity contribution in [3.05, 3.63) is 65.4 Å². The largest absolute Gasteiger partial charge is 0.496 e. The Morgan fingerprint density at radius 1 is 1.12 bits per heavy atom. The summed E-state index contributed by atoms with van der Waals surface area (Å²) in [4.78, 5) is 15.3. The molecule has 0 saturated carbocycles. The molecule has 172 valence electrons. The molecule has 3 heterocycles. The number of methoxy groups -OCH3 is 1. The Labute approximate surface area is 195 Å². The Morgan fingerprint density at radius 3 is 2.55 bits per heavy atom. The van der Waals surface area contributed by atoms with E-state index < -0.39 is 5.60 Å². The zero-order valence-corrected chi connectivity index (χ0v) is 20.0. The van der Waals surface area contributed by atoms with E-state index >= 15 is 0 Å². The Morgan fingerprint density at radius 2 is 1.85 bits per heavy atom.